The lowest BCUT2D eigenvalue weighted by Crippen LogP contribution is -2.28. The molecule has 2 amide bonds. The van der Waals surface area contributed by atoms with E-state index in [0.717, 1.165) is 22.9 Å². The van der Waals surface area contributed by atoms with Crippen molar-refractivity contribution in [1.29, 1.82) is 0 Å². The third-order valence-electron chi connectivity index (χ3n) is 4.16. The normalized spacial score (nSPS) is 18.1. The van der Waals surface area contributed by atoms with Crippen LogP contribution in [0.1, 0.15) is 24.5 Å². The van der Waals surface area contributed by atoms with Gasteiger partial charge in [-0.2, -0.15) is 5.10 Å². The molecule has 9 heteroatoms. The Hall–Kier alpha value is -2.71. The molecule has 1 heterocycles. The molecule has 2 aromatic rings. The van der Waals surface area contributed by atoms with Gasteiger partial charge in [-0.3, -0.25) is 9.59 Å². The SMILES string of the molecule is C/C(=N\N=C1\NC(=O)C(CC(=O)Nc2ccc(C)c(Cl)c2)S1)c1ccc(F)cc1. The van der Waals surface area contributed by atoms with Crippen molar-refractivity contribution < 1.29 is 14.0 Å². The summed E-state index contributed by atoms with van der Waals surface area (Å²) in [5, 5.41) is 13.7. The van der Waals surface area contributed by atoms with Crippen molar-refractivity contribution in [3.05, 3.63) is 64.4 Å². The monoisotopic (exact) mass is 432 g/mol. The summed E-state index contributed by atoms with van der Waals surface area (Å²) in [5.74, 6) is -0.939. The van der Waals surface area contributed by atoms with Crippen LogP contribution in [0.5, 0.6) is 0 Å². The van der Waals surface area contributed by atoms with Gasteiger partial charge in [0.2, 0.25) is 11.8 Å². The number of hydrogen-bond acceptors (Lipinski definition) is 5. The number of benzene rings is 2. The van der Waals surface area contributed by atoms with E-state index in [1.54, 1.807) is 37.3 Å². The average molecular weight is 433 g/mol. The second kappa shape index (κ2) is 9.19. The van der Waals surface area contributed by atoms with Gasteiger partial charge in [0.1, 0.15) is 11.1 Å². The summed E-state index contributed by atoms with van der Waals surface area (Å²) >= 11 is 7.19. The van der Waals surface area contributed by atoms with Crippen molar-refractivity contribution in [2.75, 3.05) is 5.32 Å². The topological polar surface area (TPSA) is 82.9 Å². The number of carbonyl (C=O) groups is 2. The molecule has 0 aliphatic carbocycles. The van der Waals surface area contributed by atoms with E-state index < -0.39 is 5.25 Å². The van der Waals surface area contributed by atoms with Crippen LogP contribution < -0.4 is 10.6 Å². The number of rotatable bonds is 5. The molecule has 0 bridgehead atoms. The van der Waals surface area contributed by atoms with E-state index in [4.69, 9.17) is 11.6 Å². The van der Waals surface area contributed by atoms with Crippen molar-refractivity contribution in [3.63, 3.8) is 0 Å². The highest BCUT2D eigenvalue weighted by molar-refractivity contribution is 8.15. The predicted octanol–water partition coefficient (Wildman–Crippen LogP) is 4.13. The standard InChI is InChI=1S/C20H18ClFN4O2S/c1-11-3-8-15(9-16(11)21)23-18(27)10-17-19(28)24-20(29-17)26-25-12(2)13-4-6-14(22)7-5-13/h3-9,17H,10H2,1-2H3,(H,23,27)(H,24,26,28)/b25-12+. The molecule has 0 saturated carbocycles. The van der Waals surface area contributed by atoms with E-state index in [-0.39, 0.29) is 24.1 Å². The largest absolute Gasteiger partial charge is 0.326 e. The second-order valence-electron chi connectivity index (χ2n) is 6.41. The predicted molar refractivity (Wildman–Crippen MR) is 115 cm³/mol. The van der Waals surface area contributed by atoms with Crippen molar-refractivity contribution >= 4 is 51.7 Å². The Morgan fingerprint density at radius 1 is 1.28 bits per heavy atom. The molecule has 1 unspecified atom stereocenters. The number of hydrogen-bond donors (Lipinski definition) is 2. The zero-order valence-electron chi connectivity index (χ0n) is 15.7. The van der Waals surface area contributed by atoms with E-state index >= 15 is 0 Å². The third kappa shape index (κ3) is 5.65. The fourth-order valence-electron chi connectivity index (χ4n) is 2.51. The summed E-state index contributed by atoms with van der Waals surface area (Å²) in [4.78, 5) is 24.4. The van der Waals surface area contributed by atoms with Crippen LogP contribution in [0.3, 0.4) is 0 Å². The molecule has 0 aromatic heterocycles. The maximum atomic E-state index is 13.0. The molecule has 1 saturated heterocycles. The van der Waals surface area contributed by atoms with Crippen LogP contribution in [-0.4, -0.2) is 27.9 Å². The van der Waals surface area contributed by atoms with E-state index in [9.17, 15) is 14.0 Å². The molecule has 2 aromatic carbocycles. The van der Waals surface area contributed by atoms with Gasteiger partial charge >= 0.3 is 0 Å². The molecule has 0 spiro atoms. The van der Waals surface area contributed by atoms with Crippen LogP contribution in [0.4, 0.5) is 10.1 Å². The lowest BCUT2D eigenvalue weighted by Gasteiger charge is -2.08. The van der Waals surface area contributed by atoms with Crippen LogP contribution in [0.25, 0.3) is 0 Å². The zero-order chi connectivity index (χ0) is 21.0. The highest BCUT2D eigenvalue weighted by Gasteiger charge is 2.32. The summed E-state index contributed by atoms with van der Waals surface area (Å²) < 4.78 is 13.0. The lowest BCUT2D eigenvalue weighted by molar-refractivity contribution is -0.122. The molecule has 1 aliphatic heterocycles. The first-order valence-electron chi connectivity index (χ1n) is 8.73. The Labute approximate surface area is 176 Å². The summed E-state index contributed by atoms with van der Waals surface area (Å²) in [6, 6.07) is 11.1. The first-order valence-corrected chi connectivity index (χ1v) is 9.99. The molecular formula is C20H18ClFN4O2S. The number of carbonyl (C=O) groups excluding carboxylic acids is 2. The Morgan fingerprint density at radius 3 is 2.69 bits per heavy atom. The van der Waals surface area contributed by atoms with Crippen LogP contribution in [0.15, 0.2) is 52.7 Å². The molecule has 2 N–H and O–H groups in total. The quantitative estimate of drug-likeness (QED) is 0.550. The van der Waals surface area contributed by atoms with Crippen LogP contribution in [0.2, 0.25) is 5.02 Å². The fourth-order valence-corrected chi connectivity index (χ4v) is 3.61. The number of anilines is 1. The second-order valence-corrected chi connectivity index (χ2v) is 8.01. The van der Waals surface area contributed by atoms with Crippen LogP contribution in [0, 0.1) is 12.7 Å². The van der Waals surface area contributed by atoms with E-state index in [2.05, 4.69) is 20.8 Å². The van der Waals surface area contributed by atoms with Gasteiger partial charge in [0, 0.05) is 17.1 Å². The van der Waals surface area contributed by atoms with Crippen LogP contribution in [-0.2, 0) is 9.59 Å². The number of thioether (sulfide) groups is 1. The minimum atomic E-state index is -0.601. The van der Waals surface area contributed by atoms with Crippen molar-refractivity contribution in [1.82, 2.24) is 5.32 Å². The average Bonchev–Trinajstić information content (AvgIpc) is 3.02. The van der Waals surface area contributed by atoms with Gasteiger partial charge in [-0.25, -0.2) is 4.39 Å². The minimum absolute atomic E-state index is 0.0122. The minimum Gasteiger partial charge on any atom is -0.326 e. The molecule has 3 rings (SSSR count). The summed E-state index contributed by atoms with van der Waals surface area (Å²) in [5.41, 5.74) is 2.78. The Balaban J connectivity index is 1.59. The van der Waals surface area contributed by atoms with Crippen LogP contribution >= 0.6 is 23.4 Å². The number of halogens is 2. The van der Waals surface area contributed by atoms with Crippen molar-refractivity contribution in [2.24, 2.45) is 10.2 Å². The van der Waals surface area contributed by atoms with E-state index in [0.29, 0.717) is 21.6 Å². The highest BCUT2D eigenvalue weighted by Crippen LogP contribution is 2.24. The number of amides is 2. The Kier molecular flexibility index (Phi) is 6.66. The van der Waals surface area contributed by atoms with Crippen molar-refractivity contribution in [3.8, 4) is 0 Å². The molecule has 6 nitrogen and oxygen atoms in total. The maximum absolute atomic E-state index is 13.0. The Bertz CT molecular complexity index is 1010. The maximum Gasteiger partial charge on any atom is 0.240 e. The van der Waals surface area contributed by atoms with Crippen molar-refractivity contribution in [2.45, 2.75) is 25.5 Å². The summed E-state index contributed by atoms with van der Waals surface area (Å²) in [6.07, 6.45) is -0.0122. The summed E-state index contributed by atoms with van der Waals surface area (Å²) in [6.45, 7) is 3.60. The van der Waals surface area contributed by atoms with E-state index in [1.807, 2.05) is 6.92 Å². The van der Waals surface area contributed by atoms with E-state index in [1.165, 1.54) is 12.1 Å². The molecule has 1 aliphatic rings. The van der Waals surface area contributed by atoms with Gasteiger partial charge in [0.15, 0.2) is 5.17 Å². The van der Waals surface area contributed by atoms with Gasteiger partial charge < -0.3 is 10.6 Å². The third-order valence-corrected chi connectivity index (χ3v) is 5.64. The first-order chi connectivity index (χ1) is 13.8. The highest BCUT2D eigenvalue weighted by atomic mass is 35.5. The molecule has 1 fully saturated rings. The van der Waals surface area contributed by atoms with Gasteiger partial charge in [-0.15, -0.1) is 5.10 Å². The van der Waals surface area contributed by atoms with Gasteiger partial charge in [-0.1, -0.05) is 41.6 Å². The number of aryl methyl sites for hydroxylation is 1. The molecule has 1 atom stereocenters. The lowest BCUT2D eigenvalue weighted by atomic mass is 10.1. The molecule has 29 heavy (non-hydrogen) atoms. The number of nitrogens with zero attached hydrogens (tertiary/aromatic N) is 2. The van der Waals surface area contributed by atoms with Gasteiger partial charge in [-0.05, 0) is 49.2 Å². The Morgan fingerprint density at radius 2 is 2.00 bits per heavy atom. The molecule has 150 valence electrons. The molecule has 0 radical (unpaired) electrons. The van der Waals surface area contributed by atoms with Gasteiger partial charge in [0.25, 0.3) is 0 Å². The smallest absolute Gasteiger partial charge is 0.240 e. The van der Waals surface area contributed by atoms with Gasteiger partial charge in [0.05, 0.1) is 5.71 Å². The number of nitrogens with one attached hydrogen (secondary N) is 2. The number of amidine groups is 1. The first kappa shape index (κ1) is 21.0. The fraction of sp³-hybridized carbons (Fsp3) is 0.200. The zero-order valence-corrected chi connectivity index (χ0v) is 17.3. The molecular weight excluding hydrogens is 415 g/mol. The summed E-state index contributed by atoms with van der Waals surface area (Å²) in [7, 11) is 0.